The van der Waals surface area contributed by atoms with Gasteiger partial charge in [0.25, 0.3) is 11.8 Å². The number of carbonyl (C=O) groups excluding carboxylic acids is 4. The average Bonchev–Trinajstić information content (AvgIpc) is 3.20. The number of halogens is 1. The molecule has 9 nitrogen and oxygen atoms in total. The molecule has 3 aliphatic rings. The van der Waals surface area contributed by atoms with E-state index in [1.165, 1.54) is 12.1 Å². The normalized spacial score (nSPS) is 19.0. The van der Waals surface area contributed by atoms with Crippen molar-refractivity contribution in [1.29, 1.82) is 5.26 Å². The Morgan fingerprint density at radius 1 is 1.00 bits per heavy atom. The van der Waals surface area contributed by atoms with E-state index in [1.54, 1.807) is 24.3 Å². The maximum atomic E-state index is 15.1. The number of piperidine rings is 1. The number of likely N-dealkylation sites (tertiary alicyclic amines) is 1. The molecule has 2 saturated heterocycles. The van der Waals surface area contributed by atoms with Gasteiger partial charge in [0.2, 0.25) is 11.8 Å². The Bertz CT molecular complexity index is 1640. The van der Waals surface area contributed by atoms with Crippen molar-refractivity contribution >= 4 is 29.3 Å². The van der Waals surface area contributed by atoms with Crippen molar-refractivity contribution in [3.05, 3.63) is 99.9 Å². The molecule has 3 aromatic carbocycles. The molecule has 0 bridgehead atoms. The molecular weight excluding hydrogens is 525 g/mol. The molecule has 3 aromatic rings. The summed E-state index contributed by atoms with van der Waals surface area (Å²) in [5, 5.41) is 14.4. The first-order valence-corrected chi connectivity index (χ1v) is 13.4. The quantitative estimate of drug-likeness (QED) is 0.432. The third-order valence-corrected chi connectivity index (χ3v) is 7.91. The second-order valence-electron chi connectivity index (χ2n) is 10.6. The first-order chi connectivity index (χ1) is 19.8. The van der Waals surface area contributed by atoms with Gasteiger partial charge in [-0.2, -0.15) is 5.26 Å². The SMILES string of the molecule is N#Cc1cccc(C2CN(Cc3ccc(CNc4cccc5c4C(=O)N(C4CCC(=O)NC4=O)C5=O)c(F)c3)C2)c1. The lowest BCUT2D eigenvalue weighted by Crippen LogP contribution is -2.54. The molecule has 10 heteroatoms. The number of amides is 4. The van der Waals surface area contributed by atoms with E-state index in [2.05, 4.69) is 21.6 Å². The van der Waals surface area contributed by atoms with E-state index in [4.69, 9.17) is 5.26 Å². The van der Waals surface area contributed by atoms with Crippen molar-refractivity contribution < 1.29 is 23.6 Å². The molecule has 4 amide bonds. The molecule has 3 heterocycles. The first kappa shape index (κ1) is 26.3. The number of carbonyl (C=O) groups is 4. The van der Waals surface area contributed by atoms with Crippen LogP contribution in [-0.4, -0.2) is 52.6 Å². The van der Waals surface area contributed by atoms with Crippen molar-refractivity contribution in [2.75, 3.05) is 18.4 Å². The predicted octanol–water partition coefficient (Wildman–Crippen LogP) is 3.31. The zero-order chi connectivity index (χ0) is 28.7. The summed E-state index contributed by atoms with van der Waals surface area (Å²) in [6, 6.07) is 18.6. The average molecular weight is 552 g/mol. The molecular formula is C31H26FN5O4. The van der Waals surface area contributed by atoms with Gasteiger partial charge in [-0.15, -0.1) is 0 Å². The summed E-state index contributed by atoms with van der Waals surface area (Å²) < 4.78 is 15.1. The third-order valence-electron chi connectivity index (χ3n) is 7.91. The van der Waals surface area contributed by atoms with Gasteiger partial charge in [-0.25, -0.2) is 4.39 Å². The topological polar surface area (TPSA) is 123 Å². The van der Waals surface area contributed by atoms with E-state index in [0.29, 0.717) is 29.3 Å². The minimum absolute atomic E-state index is 0.0404. The molecule has 2 N–H and O–H groups in total. The minimum Gasteiger partial charge on any atom is -0.380 e. The number of fused-ring (bicyclic) bond motifs is 1. The number of anilines is 1. The lowest BCUT2D eigenvalue weighted by Gasteiger charge is -2.39. The highest BCUT2D eigenvalue weighted by Gasteiger charge is 2.45. The summed E-state index contributed by atoms with van der Waals surface area (Å²) in [4.78, 5) is 53.3. The summed E-state index contributed by atoms with van der Waals surface area (Å²) in [6.07, 6.45) is 0.113. The van der Waals surface area contributed by atoms with Crippen LogP contribution >= 0.6 is 0 Å². The van der Waals surface area contributed by atoms with Crippen LogP contribution in [0.5, 0.6) is 0 Å². The summed E-state index contributed by atoms with van der Waals surface area (Å²) in [6.45, 7) is 2.37. The van der Waals surface area contributed by atoms with Gasteiger partial charge in [0.1, 0.15) is 11.9 Å². The highest BCUT2D eigenvalue weighted by atomic mass is 19.1. The van der Waals surface area contributed by atoms with Crippen molar-refractivity contribution in [3.63, 3.8) is 0 Å². The molecule has 0 radical (unpaired) electrons. The number of hydrogen-bond donors (Lipinski definition) is 2. The fraction of sp³-hybridized carbons (Fsp3) is 0.258. The number of rotatable bonds is 7. The molecule has 0 spiro atoms. The van der Waals surface area contributed by atoms with Crippen LogP contribution in [0.3, 0.4) is 0 Å². The van der Waals surface area contributed by atoms with E-state index in [0.717, 1.165) is 29.1 Å². The standard InChI is InChI=1S/C31H26FN5O4/c32-24-12-19(15-36-16-22(17-36)20-4-1-3-18(11-20)13-33)7-8-21(24)14-34-25-6-2-5-23-28(25)31(41)37(30(23)40)26-9-10-27(38)35-29(26)39/h1-8,11-12,22,26,34H,9-10,14-17H2,(H,35,38,39). The Hall–Kier alpha value is -4.88. The smallest absolute Gasteiger partial charge is 0.264 e. The lowest BCUT2D eigenvalue weighted by atomic mass is 9.90. The number of benzene rings is 3. The van der Waals surface area contributed by atoms with Crippen molar-refractivity contribution in [3.8, 4) is 6.07 Å². The molecule has 1 atom stereocenters. The molecule has 1 unspecified atom stereocenters. The van der Waals surface area contributed by atoms with E-state index >= 15 is 4.39 Å². The number of nitrogens with zero attached hydrogens (tertiary/aromatic N) is 3. The Morgan fingerprint density at radius 2 is 1.80 bits per heavy atom. The molecule has 6 rings (SSSR count). The highest BCUT2D eigenvalue weighted by molar-refractivity contribution is 6.25. The minimum atomic E-state index is -1.05. The predicted molar refractivity (Wildman–Crippen MR) is 146 cm³/mol. The summed E-state index contributed by atoms with van der Waals surface area (Å²) in [7, 11) is 0. The third kappa shape index (κ3) is 4.96. The number of hydrogen-bond acceptors (Lipinski definition) is 7. The molecule has 0 aromatic heterocycles. The van der Waals surface area contributed by atoms with Crippen LogP contribution in [0.1, 0.15) is 61.7 Å². The van der Waals surface area contributed by atoms with Gasteiger partial charge in [-0.05, 0) is 47.9 Å². The van der Waals surface area contributed by atoms with E-state index in [-0.39, 0.29) is 36.3 Å². The molecule has 3 aliphatic heterocycles. The van der Waals surface area contributed by atoms with Gasteiger partial charge in [-0.3, -0.25) is 34.3 Å². The Balaban J connectivity index is 1.09. The van der Waals surface area contributed by atoms with Crippen LogP contribution in [0, 0.1) is 17.1 Å². The first-order valence-electron chi connectivity index (χ1n) is 13.4. The maximum absolute atomic E-state index is 15.1. The number of nitrogens with one attached hydrogen (secondary N) is 2. The van der Waals surface area contributed by atoms with Crippen molar-refractivity contribution in [1.82, 2.24) is 15.1 Å². The molecule has 206 valence electrons. The second kappa shape index (κ2) is 10.6. The van der Waals surface area contributed by atoms with Gasteiger partial charge in [0.15, 0.2) is 0 Å². The van der Waals surface area contributed by atoms with Crippen LogP contribution in [-0.2, 0) is 22.7 Å². The molecule has 0 saturated carbocycles. The van der Waals surface area contributed by atoms with Gasteiger partial charge in [0, 0.05) is 49.8 Å². The van der Waals surface area contributed by atoms with Gasteiger partial charge < -0.3 is 5.32 Å². The number of nitriles is 1. The van der Waals surface area contributed by atoms with Gasteiger partial charge in [0.05, 0.1) is 22.8 Å². The molecule has 41 heavy (non-hydrogen) atoms. The van der Waals surface area contributed by atoms with Gasteiger partial charge >= 0.3 is 0 Å². The zero-order valence-electron chi connectivity index (χ0n) is 22.0. The lowest BCUT2D eigenvalue weighted by molar-refractivity contribution is -0.136. The summed E-state index contributed by atoms with van der Waals surface area (Å²) in [5.74, 6) is -2.35. The Kier molecular flexibility index (Phi) is 6.81. The second-order valence-corrected chi connectivity index (χ2v) is 10.6. The van der Waals surface area contributed by atoms with E-state index < -0.39 is 29.7 Å². The zero-order valence-corrected chi connectivity index (χ0v) is 22.0. The summed E-state index contributed by atoms with van der Waals surface area (Å²) in [5.41, 5.74) is 3.69. The Labute approximate surface area is 235 Å². The number of imide groups is 2. The van der Waals surface area contributed by atoms with Crippen molar-refractivity contribution in [2.45, 2.75) is 37.9 Å². The van der Waals surface area contributed by atoms with E-state index in [1.807, 2.05) is 24.3 Å². The van der Waals surface area contributed by atoms with Gasteiger partial charge in [-0.1, -0.05) is 30.3 Å². The van der Waals surface area contributed by atoms with Crippen LogP contribution in [0.25, 0.3) is 0 Å². The fourth-order valence-corrected chi connectivity index (χ4v) is 5.72. The Morgan fingerprint density at radius 3 is 2.56 bits per heavy atom. The molecule has 2 fully saturated rings. The monoisotopic (exact) mass is 551 g/mol. The highest BCUT2D eigenvalue weighted by Crippen LogP contribution is 2.33. The fourth-order valence-electron chi connectivity index (χ4n) is 5.72. The van der Waals surface area contributed by atoms with Crippen LogP contribution in [0.2, 0.25) is 0 Å². The largest absolute Gasteiger partial charge is 0.380 e. The summed E-state index contributed by atoms with van der Waals surface area (Å²) >= 11 is 0. The van der Waals surface area contributed by atoms with Crippen LogP contribution < -0.4 is 10.6 Å². The molecule has 0 aliphatic carbocycles. The van der Waals surface area contributed by atoms with E-state index in [9.17, 15) is 19.2 Å². The van der Waals surface area contributed by atoms with Crippen LogP contribution in [0.15, 0.2) is 60.7 Å². The maximum Gasteiger partial charge on any atom is 0.264 e. The van der Waals surface area contributed by atoms with Crippen LogP contribution in [0.4, 0.5) is 10.1 Å². The van der Waals surface area contributed by atoms with Crippen molar-refractivity contribution in [2.24, 2.45) is 0 Å².